The molecule has 1 amide bonds. The number of nitro benzene ring substituents is 1. The number of nitrogens with zero attached hydrogens (tertiary/aromatic N) is 5. The number of benzene rings is 1. The van der Waals surface area contributed by atoms with Gasteiger partial charge in [0.2, 0.25) is 5.17 Å². The van der Waals surface area contributed by atoms with Crippen molar-refractivity contribution in [2.24, 2.45) is 16.0 Å². The Labute approximate surface area is 194 Å². The van der Waals surface area contributed by atoms with E-state index in [1.54, 1.807) is 12.1 Å². The van der Waals surface area contributed by atoms with Gasteiger partial charge in [-0.1, -0.05) is 13.8 Å². The molecule has 170 valence electrons. The largest absolute Gasteiger partial charge is 0.494 e. The lowest BCUT2D eigenvalue weighted by Gasteiger charge is -2.20. The number of carbonyl (C=O) groups is 1. The number of amides is 1. The molecule has 0 bridgehead atoms. The lowest BCUT2D eigenvalue weighted by molar-refractivity contribution is -0.384. The molecule has 0 radical (unpaired) electrons. The molecule has 0 aliphatic carbocycles. The van der Waals surface area contributed by atoms with Crippen LogP contribution in [0, 0.1) is 35.3 Å². The highest BCUT2D eigenvalue weighted by atomic mass is 32.2. The molecule has 10 nitrogen and oxygen atoms in total. The highest BCUT2D eigenvalue weighted by Crippen LogP contribution is 2.34. The Bertz CT molecular complexity index is 1300. The molecule has 0 atom stereocenters. The second kappa shape index (κ2) is 8.32. The summed E-state index contributed by atoms with van der Waals surface area (Å²) in [5, 5.41) is 26.7. The maximum atomic E-state index is 12.7. The highest BCUT2D eigenvalue weighted by molar-refractivity contribution is 8.27. The van der Waals surface area contributed by atoms with E-state index < -0.39 is 10.8 Å². The average Bonchev–Trinajstić information content (AvgIpc) is 3.31. The number of hydrazone groups is 1. The second-order valence-corrected chi connectivity index (χ2v) is 8.88. The van der Waals surface area contributed by atoms with Crippen LogP contribution >= 0.6 is 11.8 Å². The van der Waals surface area contributed by atoms with Crippen molar-refractivity contribution in [3.63, 3.8) is 0 Å². The van der Waals surface area contributed by atoms with Crippen LogP contribution in [-0.4, -0.2) is 43.6 Å². The number of nitro groups is 1. The fourth-order valence-electron chi connectivity index (χ4n) is 3.66. The van der Waals surface area contributed by atoms with Crippen molar-refractivity contribution in [1.29, 1.82) is 5.41 Å². The number of hydrogen-bond acceptors (Lipinski definition) is 7. The van der Waals surface area contributed by atoms with Crippen molar-refractivity contribution in [1.82, 2.24) is 9.58 Å². The third-order valence-corrected chi connectivity index (χ3v) is 6.56. The Hall–Kier alpha value is -3.73. The SMILES string of the molecule is COc1cc([N+](=O)[O-])ccc1-n1c(C)cc(/C=C2\C(=N)N3N=C(C(C)C)SC3=NC2=O)c1C. The van der Waals surface area contributed by atoms with Gasteiger partial charge >= 0.3 is 0 Å². The summed E-state index contributed by atoms with van der Waals surface area (Å²) in [4.78, 5) is 27.5. The Morgan fingerprint density at radius 1 is 1.27 bits per heavy atom. The molecule has 1 aromatic carbocycles. The van der Waals surface area contributed by atoms with Crippen molar-refractivity contribution in [2.45, 2.75) is 27.7 Å². The van der Waals surface area contributed by atoms with Crippen molar-refractivity contribution < 1.29 is 14.5 Å². The van der Waals surface area contributed by atoms with E-state index in [0.29, 0.717) is 16.6 Å². The number of amidine groups is 2. The summed E-state index contributed by atoms with van der Waals surface area (Å²) in [7, 11) is 1.46. The first-order valence-electron chi connectivity index (χ1n) is 10.1. The Morgan fingerprint density at radius 2 is 2.00 bits per heavy atom. The smallest absolute Gasteiger partial charge is 0.283 e. The number of thioether (sulfide) groups is 1. The molecular weight excluding hydrogens is 444 g/mol. The van der Waals surface area contributed by atoms with Crippen LogP contribution in [0.2, 0.25) is 0 Å². The van der Waals surface area contributed by atoms with Gasteiger partial charge < -0.3 is 9.30 Å². The number of aliphatic imine (C=N–C) groups is 1. The van der Waals surface area contributed by atoms with Gasteiger partial charge in [-0.3, -0.25) is 20.3 Å². The van der Waals surface area contributed by atoms with Crippen molar-refractivity contribution in [3.05, 3.63) is 56.9 Å². The van der Waals surface area contributed by atoms with Gasteiger partial charge in [-0.25, -0.2) is 0 Å². The molecule has 1 aromatic heterocycles. The second-order valence-electron chi connectivity index (χ2n) is 7.89. The number of carbonyl (C=O) groups excluding carboxylic acids is 1. The van der Waals surface area contributed by atoms with E-state index in [-0.39, 0.29) is 23.0 Å². The average molecular weight is 467 g/mol. The minimum absolute atomic E-state index is 0.0223. The van der Waals surface area contributed by atoms with Gasteiger partial charge in [-0.05, 0) is 49.4 Å². The number of aromatic nitrogens is 1. The van der Waals surface area contributed by atoms with Crippen molar-refractivity contribution in [3.8, 4) is 11.4 Å². The van der Waals surface area contributed by atoms with Gasteiger partial charge in [0.05, 0.1) is 29.4 Å². The Kier molecular flexibility index (Phi) is 5.66. The molecule has 0 unspecified atom stereocenters. The van der Waals surface area contributed by atoms with Crippen LogP contribution < -0.4 is 4.74 Å². The summed E-state index contributed by atoms with van der Waals surface area (Å²) in [6, 6.07) is 6.30. The lowest BCUT2D eigenvalue weighted by atomic mass is 10.1. The third-order valence-electron chi connectivity index (χ3n) is 5.35. The number of ether oxygens (including phenoxy) is 1. The van der Waals surface area contributed by atoms with E-state index in [2.05, 4.69) is 10.1 Å². The van der Waals surface area contributed by atoms with Crippen LogP contribution in [0.3, 0.4) is 0 Å². The fourth-order valence-corrected chi connectivity index (χ4v) is 4.56. The van der Waals surface area contributed by atoms with Gasteiger partial charge in [0.1, 0.15) is 10.8 Å². The molecule has 0 saturated carbocycles. The van der Waals surface area contributed by atoms with Crippen LogP contribution in [0.5, 0.6) is 5.75 Å². The molecule has 3 heterocycles. The fraction of sp³-hybridized carbons (Fsp3) is 0.273. The van der Waals surface area contributed by atoms with E-state index >= 15 is 0 Å². The highest BCUT2D eigenvalue weighted by Gasteiger charge is 2.36. The molecule has 1 N–H and O–H groups in total. The van der Waals surface area contributed by atoms with Crippen LogP contribution in [0.25, 0.3) is 11.8 Å². The number of nitrogens with one attached hydrogen (secondary N) is 1. The van der Waals surface area contributed by atoms with E-state index in [0.717, 1.165) is 22.0 Å². The predicted molar refractivity (Wildman–Crippen MR) is 128 cm³/mol. The van der Waals surface area contributed by atoms with Crippen molar-refractivity contribution >= 4 is 45.5 Å². The first kappa shape index (κ1) is 22.5. The molecule has 2 aliphatic rings. The van der Waals surface area contributed by atoms with Gasteiger partial charge in [0.25, 0.3) is 11.6 Å². The van der Waals surface area contributed by atoms with Crippen LogP contribution in [0.15, 0.2) is 39.9 Å². The Morgan fingerprint density at radius 3 is 2.64 bits per heavy atom. The maximum absolute atomic E-state index is 12.7. The van der Waals surface area contributed by atoms with E-state index in [4.69, 9.17) is 10.1 Å². The molecule has 33 heavy (non-hydrogen) atoms. The molecule has 0 saturated heterocycles. The van der Waals surface area contributed by atoms with Gasteiger partial charge in [-0.15, -0.1) is 0 Å². The minimum atomic E-state index is -0.489. The topological polar surface area (TPSA) is 126 Å². The zero-order chi connectivity index (χ0) is 24.0. The van der Waals surface area contributed by atoms with Crippen LogP contribution in [0.1, 0.15) is 30.8 Å². The zero-order valence-electron chi connectivity index (χ0n) is 18.7. The number of hydrogen-bond donors (Lipinski definition) is 1. The van der Waals surface area contributed by atoms with Gasteiger partial charge in [-0.2, -0.15) is 15.1 Å². The normalized spacial score (nSPS) is 16.9. The third kappa shape index (κ3) is 3.84. The monoisotopic (exact) mass is 466 g/mol. The number of non-ortho nitro benzene ring substituents is 1. The summed E-state index contributed by atoms with van der Waals surface area (Å²) in [5.74, 6) is 0.00218. The molecular formula is C22H22N6O4S. The van der Waals surface area contributed by atoms with Crippen molar-refractivity contribution in [2.75, 3.05) is 7.11 Å². The summed E-state index contributed by atoms with van der Waals surface area (Å²) in [6.07, 6.45) is 1.63. The van der Waals surface area contributed by atoms with Crippen LogP contribution in [-0.2, 0) is 4.79 Å². The molecule has 4 rings (SSSR count). The summed E-state index contributed by atoms with van der Waals surface area (Å²) < 4.78 is 7.29. The first-order chi connectivity index (χ1) is 15.6. The summed E-state index contributed by atoms with van der Waals surface area (Å²) in [5.41, 5.74) is 3.05. The predicted octanol–water partition coefficient (Wildman–Crippen LogP) is 4.29. The lowest BCUT2D eigenvalue weighted by Crippen LogP contribution is -2.35. The number of rotatable bonds is 5. The van der Waals surface area contributed by atoms with Gasteiger partial charge in [0.15, 0.2) is 5.84 Å². The molecule has 0 fully saturated rings. The standard InChI is InChI=1S/C22H22N6O4S/c1-11(2)21-25-27-19(23)16(20(29)24-22(27)33-21)9-14-8-12(3)26(13(14)4)17-7-6-15(28(30)31)10-18(17)32-5/h6-11,23H,1-5H3/b16-9+,23-19?. The summed E-state index contributed by atoms with van der Waals surface area (Å²) >= 11 is 1.30. The zero-order valence-corrected chi connectivity index (χ0v) is 19.6. The minimum Gasteiger partial charge on any atom is -0.494 e. The quantitative estimate of drug-likeness (QED) is 0.398. The van der Waals surface area contributed by atoms with Gasteiger partial charge in [0, 0.05) is 23.4 Å². The number of aryl methyl sites for hydroxylation is 1. The molecule has 0 spiro atoms. The van der Waals surface area contributed by atoms with E-state index in [1.807, 2.05) is 38.3 Å². The number of methoxy groups -OCH3 is 1. The van der Waals surface area contributed by atoms with E-state index in [1.165, 1.54) is 36.0 Å². The maximum Gasteiger partial charge on any atom is 0.283 e. The molecule has 11 heteroatoms. The molecule has 2 aromatic rings. The number of fused-ring (bicyclic) bond motifs is 1. The summed E-state index contributed by atoms with van der Waals surface area (Å²) in [6.45, 7) is 7.74. The van der Waals surface area contributed by atoms with E-state index in [9.17, 15) is 14.9 Å². The molecule has 2 aliphatic heterocycles. The Balaban J connectivity index is 1.76. The van der Waals surface area contributed by atoms with Crippen LogP contribution in [0.4, 0.5) is 5.69 Å². The first-order valence-corrected chi connectivity index (χ1v) is 11.0.